The van der Waals surface area contributed by atoms with Crippen LogP contribution in [-0.2, 0) is 11.3 Å². The van der Waals surface area contributed by atoms with Crippen LogP contribution in [0.25, 0.3) is 10.9 Å². The van der Waals surface area contributed by atoms with E-state index in [1.807, 2.05) is 19.1 Å². The molecule has 19 heavy (non-hydrogen) atoms. The maximum atomic E-state index is 11.5. The van der Waals surface area contributed by atoms with E-state index in [2.05, 4.69) is 34.3 Å². The van der Waals surface area contributed by atoms with E-state index in [9.17, 15) is 4.79 Å². The normalized spacial score (nSPS) is 12.5. The van der Waals surface area contributed by atoms with E-state index in [1.165, 1.54) is 10.9 Å². The predicted molar refractivity (Wildman–Crippen MR) is 77.8 cm³/mol. The van der Waals surface area contributed by atoms with Crippen LogP contribution < -0.4 is 11.1 Å². The third-order valence-electron chi connectivity index (χ3n) is 3.33. The lowest BCUT2D eigenvalue weighted by Gasteiger charge is -2.10. The summed E-state index contributed by atoms with van der Waals surface area (Å²) in [6.07, 6.45) is 3.67. The van der Waals surface area contributed by atoms with Crippen molar-refractivity contribution in [1.29, 1.82) is 0 Å². The second-order valence-electron chi connectivity index (χ2n) is 4.73. The van der Waals surface area contributed by atoms with Crippen molar-refractivity contribution >= 4 is 16.8 Å². The largest absolute Gasteiger partial charge is 0.355 e. The minimum atomic E-state index is -0.382. The van der Waals surface area contributed by atoms with Gasteiger partial charge in [0.2, 0.25) is 5.91 Å². The number of hydrogen-bond donors (Lipinski definition) is 2. The van der Waals surface area contributed by atoms with Crippen LogP contribution in [0.15, 0.2) is 36.5 Å². The SMILES string of the molecule is CC[C@H](N)C(=O)NCCCn1ccc2ccccc21. The van der Waals surface area contributed by atoms with Crippen LogP contribution in [0, 0.1) is 0 Å². The molecule has 4 nitrogen and oxygen atoms in total. The molecule has 0 unspecified atom stereocenters. The standard InChI is InChI=1S/C15H21N3O/c1-2-13(16)15(19)17-9-5-10-18-11-8-12-6-3-4-7-14(12)18/h3-4,6-8,11,13H,2,5,9-10,16H2,1H3,(H,17,19)/t13-/m0/s1. The molecule has 4 heteroatoms. The molecule has 0 aliphatic rings. The molecule has 0 saturated heterocycles. The Bertz CT molecular complexity index is 547. The second kappa shape index (κ2) is 6.38. The summed E-state index contributed by atoms with van der Waals surface area (Å²) in [5.41, 5.74) is 6.89. The van der Waals surface area contributed by atoms with Gasteiger partial charge in [0.15, 0.2) is 0 Å². The van der Waals surface area contributed by atoms with Crippen molar-refractivity contribution in [2.24, 2.45) is 5.73 Å². The van der Waals surface area contributed by atoms with Crippen molar-refractivity contribution in [3.8, 4) is 0 Å². The first kappa shape index (κ1) is 13.6. The van der Waals surface area contributed by atoms with Gasteiger partial charge in [-0.25, -0.2) is 0 Å². The number of hydrogen-bond acceptors (Lipinski definition) is 2. The highest BCUT2D eigenvalue weighted by Gasteiger charge is 2.09. The van der Waals surface area contributed by atoms with Gasteiger partial charge >= 0.3 is 0 Å². The molecule has 102 valence electrons. The molecule has 2 rings (SSSR count). The van der Waals surface area contributed by atoms with Gasteiger partial charge in [-0.1, -0.05) is 25.1 Å². The zero-order chi connectivity index (χ0) is 13.7. The molecule has 0 bridgehead atoms. The van der Waals surface area contributed by atoms with Crippen LogP contribution in [0.4, 0.5) is 0 Å². The monoisotopic (exact) mass is 259 g/mol. The fourth-order valence-electron chi connectivity index (χ4n) is 2.11. The molecule has 0 saturated carbocycles. The molecule has 0 radical (unpaired) electrons. The van der Waals surface area contributed by atoms with Gasteiger partial charge in [-0.15, -0.1) is 0 Å². The minimum absolute atomic E-state index is 0.0557. The first-order chi connectivity index (χ1) is 9.22. The Hall–Kier alpha value is -1.81. The summed E-state index contributed by atoms with van der Waals surface area (Å²) in [6, 6.07) is 10.0. The zero-order valence-electron chi connectivity index (χ0n) is 11.3. The summed E-state index contributed by atoms with van der Waals surface area (Å²) >= 11 is 0. The molecular formula is C15H21N3O. The van der Waals surface area contributed by atoms with Gasteiger partial charge in [-0.3, -0.25) is 4.79 Å². The number of aryl methyl sites for hydroxylation is 1. The average molecular weight is 259 g/mol. The molecule has 1 amide bonds. The van der Waals surface area contributed by atoms with Gasteiger partial charge in [-0.05, 0) is 30.4 Å². The first-order valence-electron chi connectivity index (χ1n) is 6.79. The summed E-state index contributed by atoms with van der Waals surface area (Å²) in [7, 11) is 0. The Balaban J connectivity index is 1.82. The molecule has 0 aliphatic heterocycles. The Morgan fingerprint density at radius 3 is 2.95 bits per heavy atom. The quantitative estimate of drug-likeness (QED) is 0.778. The van der Waals surface area contributed by atoms with E-state index in [4.69, 9.17) is 5.73 Å². The molecule has 1 aromatic heterocycles. The van der Waals surface area contributed by atoms with Crippen molar-refractivity contribution in [2.75, 3.05) is 6.54 Å². The Labute approximate surface area is 113 Å². The molecular weight excluding hydrogens is 238 g/mol. The van der Waals surface area contributed by atoms with Crippen molar-refractivity contribution in [3.05, 3.63) is 36.5 Å². The summed E-state index contributed by atoms with van der Waals surface area (Å²) in [6.45, 7) is 3.48. The molecule has 2 aromatic rings. The summed E-state index contributed by atoms with van der Waals surface area (Å²) < 4.78 is 2.21. The fraction of sp³-hybridized carbons (Fsp3) is 0.400. The van der Waals surface area contributed by atoms with E-state index >= 15 is 0 Å². The molecule has 0 spiro atoms. The van der Waals surface area contributed by atoms with Gasteiger partial charge in [-0.2, -0.15) is 0 Å². The number of carbonyl (C=O) groups excluding carboxylic acids is 1. The second-order valence-corrected chi connectivity index (χ2v) is 4.73. The number of carbonyl (C=O) groups is 1. The third-order valence-corrected chi connectivity index (χ3v) is 3.33. The maximum Gasteiger partial charge on any atom is 0.236 e. The summed E-state index contributed by atoms with van der Waals surface area (Å²) in [5.74, 6) is -0.0557. The highest BCUT2D eigenvalue weighted by molar-refractivity contribution is 5.81. The van der Waals surface area contributed by atoms with Gasteiger partial charge in [0.25, 0.3) is 0 Å². The van der Waals surface area contributed by atoms with Crippen LogP contribution in [0.5, 0.6) is 0 Å². The molecule has 1 heterocycles. The number of amides is 1. The number of fused-ring (bicyclic) bond motifs is 1. The zero-order valence-corrected chi connectivity index (χ0v) is 11.3. The lowest BCUT2D eigenvalue weighted by atomic mass is 10.2. The number of para-hydroxylation sites is 1. The van der Waals surface area contributed by atoms with Crippen LogP contribution in [0.1, 0.15) is 19.8 Å². The number of nitrogens with two attached hydrogens (primary N) is 1. The van der Waals surface area contributed by atoms with Crippen LogP contribution in [-0.4, -0.2) is 23.1 Å². The lowest BCUT2D eigenvalue weighted by Crippen LogP contribution is -2.40. The van der Waals surface area contributed by atoms with E-state index in [-0.39, 0.29) is 11.9 Å². The van der Waals surface area contributed by atoms with E-state index < -0.39 is 0 Å². The first-order valence-corrected chi connectivity index (χ1v) is 6.79. The number of aromatic nitrogens is 1. The summed E-state index contributed by atoms with van der Waals surface area (Å²) in [4.78, 5) is 11.5. The molecule has 3 N–H and O–H groups in total. The summed E-state index contributed by atoms with van der Waals surface area (Å²) in [5, 5.41) is 4.12. The van der Waals surface area contributed by atoms with E-state index in [0.717, 1.165) is 13.0 Å². The Morgan fingerprint density at radius 2 is 2.16 bits per heavy atom. The number of benzene rings is 1. The lowest BCUT2D eigenvalue weighted by molar-refractivity contribution is -0.122. The molecule has 0 fully saturated rings. The minimum Gasteiger partial charge on any atom is -0.355 e. The molecule has 1 atom stereocenters. The Morgan fingerprint density at radius 1 is 1.37 bits per heavy atom. The van der Waals surface area contributed by atoms with Gasteiger partial charge < -0.3 is 15.6 Å². The van der Waals surface area contributed by atoms with Crippen LogP contribution in [0.3, 0.4) is 0 Å². The smallest absolute Gasteiger partial charge is 0.236 e. The van der Waals surface area contributed by atoms with Crippen molar-refractivity contribution < 1.29 is 4.79 Å². The van der Waals surface area contributed by atoms with E-state index in [1.54, 1.807) is 0 Å². The van der Waals surface area contributed by atoms with Crippen LogP contribution >= 0.6 is 0 Å². The number of rotatable bonds is 6. The average Bonchev–Trinajstić information content (AvgIpc) is 2.86. The van der Waals surface area contributed by atoms with Gasteiger partial charge in [0, 0.05) is 24.8 Å². The van der Waals surface area contributed by atoms with Crippen molar-refractivity contribution in [3.63, 3.8) is 0 Å². The molecule has 1 aromatic carbocycles. The number of nitrogens with one attached hydrogen (secondary N) is 1. The van der Waals surface area contributed by atoms with Crippen molar-refractivity contribution in [2.45, 2.75) is 32.4 Å². The fourth-order valence-corrected chi connectivity index (χ4v) is 2.11. The van der Waals surface area contributed by atoms with E-state index in [0.29, 0.717) is 13.0 Å². The van der Waals surface area contributed by atoms with Gasteiger partial charge in [0.1, 0.15) is 0 Å². The highest BCUT2D eigenvalue weighted by Crippen LogP contribution is 2.15. The van der Waals surface area contributed by atoms with Gasteiger partial charge in [0.05, 0.1) is 6.04 Å². The van der Waals surface area contributed by atoms with Crippen LogP contribution in [0.2, 0.25) is 0 Å². The third kappa shape index (κ3) is 3.35. The highest BCUT2D eigenvalue weighted by atomic mass is 16.2. The molecule has 0 aliphatic carbocycles. The van der Waals surface area contributed by atoms with Crippen molar-refractivity contribution in [1.82, 2.24) is 9.88 Å². The maximum absolute atomic E-state index is 11.5. The Kier molecular flexibility index (Phi) is 4.58. The predicted octanol–water partition coefficient (Wildman–Crippen LogP) is 1.88. The topological polar surface area (TPSA) is 60.1 Å². The number of nitrogens with zero attached hydrogens (tertiary/aromatic N) is 1.